The Labute approximate surface area is 142 Å². The lowest BCUT2D eigenvalue weighted by Crippen LogP contribution is -2.22. The molecule has 0 bridgehead atoms. The predicted octanol–water partition coefficient (Wildman–Crippen LogP) is 4.38. The molecule has 1 fully saturated rings. The van der Waals surface area contributed by atoms with Gasteiger partial charge in [0, 0.05) is 36.1 Å². The second kappa shape index (κ2) is 6.93. The zero-order chi connectivity index (χ0) is 16.2. The van der Waals surface area contributed by atoms with Crippen molar-refractivity contribution in [3.63, 3.8) is 0 Å². The molecule has 3 nitrogen and oxygen atoms in total. The highest BCUT2D eigenvalue weighted by Gasteiger charge is 2.31. The first kappa shape index (κ1) is 15.0. The molecule has 0 amide bonds. The fourth-order valence-electron chi connectivity index (χ4n) is 3.06. The van der Waals surface area contributed by atoms with E-state index in [1.165, 1.54) is 18.4 Å². The van der Waals surface area contributed by atoms with Crippen molar-refractivity contribution in [2.45, 2.75) is 25.4 Å². The molecule has 0 aliphatic heterocycles. The first-order valence-corrected chi connectivity index (χ1v) is 8.55. The molecule has 24 heavy (non-hydrogen) atoms. The van der Waals surface area contributed by atoms with Crippen LogP contribution in [-0.4, -0.2) is 9.97 Å². The van der Waals surface area contributed by atoms with Crippen LogP contribution in [0, 0.1) is 5.92 Å². The maximum Gasteiger partial charge on any atom is 0.159 e. The Hall–Kier alpha value is -2.52. The molecule has 2 aromatic carbocycles. The monoisotopic (exact) mass is 315 g/mol. The van der Waals surface area contributed by atoms with Crippen molar-refractivity contribution in [3.05, 3.63) is 84.2 Å². The van der Waals surface area contributed by atoms with Crippen LogP contribution in [0.3, 0.4) is 0 Å². The maximum absolute atomic E-state index is 4.51. The Morgan fingerprint density at radius 3 is 2.12 bits per heavy atom. The lowest BCUT2D eigenvalue weighted by molar-refractivity contribution is 0.479. The molecule has 1 aromatic heterocycles. The van der Waals surface area contributed by atoms with E-state index in [9.17, 15) is 0 Å². The molecule has 120 valence electrons. The van der Waals surface area contributed by atoms with Crippen molar-refractivity contribution in [1.29, 1.82) is 0 Å². The van der Waals surface area contributed by atoms with Gasteiger partial charge in [0.1, 0.15) is 0 Å². The van der Waals surface area contributed by atoms with Gasteiger partial charge in [-0.3, -0.25) is 0 Å². The molecular weight excluding hydrogens is 294 g/mol. The van der Waals surface area contributed by atoms with E-state index < -0.39 is 0 Å². The minimum atomic E-state index is 0.431. The van der Waals surface area contributed by atoms with Gasteiger partial charge < -0.3 is 5.32 Å². The molecule has 1 heterocycles. The molecule has 0 saturated heterocycles. The first-order chi connectivity index (χ1) is 11.9. The molecule has 0 spiro atoms. The van der Waals surface area contributed by atoms with Crippen molar-refractivity contribution in [1.82, 2.24) is 15.3 Å². The van der Waals surface area contributed by atoms with Crippen LogP contribution in [0.4, 0.5) is 0 Å². The third-order valence-electron chi connectivity index (χ3n) is 4.52. The standard InChI is InChI=1S/C21H21N3/c1-3-7-17(8-4-1)20(18-11-12-18)22-13-16-14-23-21(24-15-16)19-9-5-2-6-10-19/h1-10,14-15,18,20,22H,11-13H2/t20-/m1/s1. The van der Waals surface area contributed by atoms with Crippen molar-refractivity contribution in [2.75, 3.05) is 0 Å². The van der Waals surface area contributed by atoms with E-state index in [2.05, 4.69) is 45.6 Å². The summed E-state index contributed by atoms with van der Waals surface area (Å²) in [6.07, 6.45) is 6.49. The second-order valence-electron chi connectivity index (χ2n) is 6.39. The highest BCUT2D eigenvalue weighted by molar-refractivity contribution is 5.53. The maximum atomic E-state index is 4.51. The molecule has 1 atom stereocenters. The highest BCUT2D eigenvalue weighted by Crippen LogP contribution is 2.41. The van der Waals surface area contributed by atoms with E-state index in [1.54, 1.807) is 0 Å². The predicted molar refractivity (Wildman–Crippen MR) is 96.2 cm³/mol. The lowest BCUT2D eigenvalue weighted by atomic mass is 10.0. The summed E-state index contributed by atoms with van der Waals surface area (Å²) in [6.45, 7) is 0.797. The summed E-state index contributed by atoms with van der Waals surface area (Å²) in [4.78, 5) is 9.02. The summed E-state index contributed by atoms with van der Waals surface area (Å²) in [7, 11) is 0. The number of rotatable bonds is 6. The smallest absolute Gasteiger partial charge is 0.159 e. The Balaban J connectivity index is 1.43. The van der Waals surface area contributed by atoms with Crippen molar-refractivity contribution < 1.29 is 0 Å². The normalized spacial score (nSPS) is 15.2. The summed E-state index contributed by atoms with van der Waals surface area (Å²) >= 11 is 0. The van der Waals surface area contributed by atoms with Gasteiger partial charge in [0.25, 0.3) is 0 Å². The Kier molecular flexibility index (Phi) is 4.34. The topological polar surface area (TPSA) is 37.8 Å². The van der Waals surface area contributed by atoms with Crippen molar-refractivity contribution in [3.8, 4) is 11.4 Å². The number of hydrogen-bond acceptors (Lipinski definition) is 3. The largest absolute Gasteiger partial charge is 0.305 e. The fourth-order valence-corrected chi connectivity index (χ4v) is 3.06. The Bertz CT molecular complexity index is 765. The molecule has 1 N–H and O–H groups in total. The molecule has 1 saturated carbocycles. The summed E-state index contributed by atoms with van der Waals surface area (Å²) < 4.78 is 0. The Morgan fingerprint density at radius 2 is 1.50 bits per heavy atom. The summed E-state index contributed by atoms with van der Waals surface area (Å²) in [5, 5.41) is 3.69. The molecule has 1 aliphatic carbocycles. The van der Waals surface area contributed by atoms with E-state index in [-0.39, 0.29) is 0 Å². The molecule has 1 aliphatic rings. The van der Waals surface area contributed by atoms with E-state index in [4.69, 9.17) is 0 Å². The molecular formula is C21H21N3. The van der Waals surface area contributed by atoms with Gasteiger partial charge in [-0.25, -0.2) is 9.97 Å². The molecule has 3 aromatic rings. The summed E-state index contributed by atoms with van der Waals surface area (Å²) in [5.74, 6) is 1.54. The summed E-state index contributed by atoms with van der Waals surface area (Å²) in [5.41, 5.74) is 3.55. The van der Waals surface area contributed by atoms with Crippen LogP contribution in [0.1, 0.15) is 30.0 Å². The average molecular weight is 315 g/mol. The Morgan fingerprint density at radius 1 is 0.875 bits per heavy atom. The number of nitrogens with zero attached hydrogens (tertiary/aromatic N) is 2. The van der Waals surface area contributed by atoms with Crippen LogP contribution in [-0.2, 0) is 6.54 Å². The van der Waals surface area contributed by atoms with E-state index in [0.717, 1.165) is 29.4 Å². The third-order valence-corrected chi connectivity index (χ3v) is 4.52. The molecule has 0 radical (unpaired) electrons. The molecule has 0 unspecified atom stereocenters. The zero-order valence-electron chi connectivity index (χ0n) is 13.6. The quantitative estimate of drug-likeness (QED) is 0.733. The number of nitrogens with one attached hydrogen (secondary N) is 1. The minimum Gasteiger partial charge on any atom is -0.305 e. The molecule has 4 rings (SSSR count). The van der Waals surface area contributed by atoms with Gasteiger partial charge in [0.15, 0.2) is 5.82 Å². The van der Waals surface area contributed by atoms with Crippen LogP contribution < -0.4 is 5.32 Å². The van der Waals surface area contributed by atoms with Gasteiger partial charge >= 0.3 is 0 Å². The van der Waals surface area contributed by atoms with Crippen LogP contribution >= 0.6 is 0 Å². The SMILES string of the molecule is c1ccc(-c2ncc(CN[C@H](c3ccccc3)C3CC3)cn2)cc1. The van der Waals surface area contributed by atoms with Crippen molar-refractivity contribution >= 4 is 0 Å². The van der Waals surface area contributed by atoms with E-state index >= 15 is 0 Å². The second-order valence-corrected chi connectivity index (χ2v) is 6.39. The van der Waals surface area contributed by atoms with E-state index in [1.807, 2.05) is 42.7 Å². The fraction of sp³-hybridized carbons (Fsp3) is 0.238. The van der Waals surface area contributed by atoms with Crippen LogP contribution in [0.15, 0.2) is 73.1 Å². The average Bonchev–Trinajstić information content (AvgIpc) is 3.49. The first-order valence-electron chi connectivity index (χ1n) is 8.55. The van der Waals surface area contributed by atoms with Crippen LogP contribution in [0.2, 0.25) is 0 Å². The number of benzene rings is 2. The van der Waals surface area contributed by atoms with Gasteiger partial charge in [0.2, 0.25) is 0 Å². The van der Waals surface area contributed by atoms with Crippen molar-refractivity contribution in [2.24, 2.45) is 5.92 Å². The molecule has 3 heteroatoms. The van der Waals surface area contributed by atoms with Gasteiger partial charge in [-0.05, 0) is 24.3 Å². The van der Waals surface area contributed by atoms with E-state index in [0.29, 0.717) is 6.04 Å². The zero-order valence-corrected chi connectivity index (χ0v) is 13.6. The van der Waals surface area contributed by atoms with Gasteiger partial charge in [-0.2, -0.15) is 0 Å². The lowest BCUT2D eigenvalue weighted by Gasteiger charge is -2.18. The number of hydrogen-bond donors (Lipinski definition) is 1. The third kappa shape index (κ3) is 3.52. The summed E-state index contributed by atoms with van der Waals surface area (Å²) in [6, 6.07) is 21.2. The minimum absolute atomic E-state index is 0.431. The number of aromatic nitrogens is 2. The van der Waals surface area contributed by atoms with Crippen LogP contribution in [0.25, 0.3) is 11.4 Å². The van der Waals surface area contributed by atoms with Gasteiger partial charge in [-0.15, -0.1) is 0 Å². The highest BCUT2D eigenvalue weighted by atomic mass is 14.9. The van der Waals surface area contributed by atoms with Crippen LogP contribution in [0.5, 0.6) is 0 Å². The van der Waals surface area contributed by atoms with Gasteiger partial charge in [-0.1, -0.05) is 60.7 Å². The van der Waals surface area contributed by atoms with Gasteiger partial charge in [0.05, 0.1) is 0 Å².